The van der Waals surface area contributed by atoms with Crippen molar-refractivity contribution in [2.75, 3.05) is 13.2 Å². The number of hydrogen-bond acceptors (Lipinski definition) is 15. The van der Waals surface area contributed by atoms with Gasteiger partial charge < -0.3 is 76.1 Å². The van der Waals surface area contributed by atoms with E-state index < -0.39 is 91.7 Å². The molecule has 4 aromatic rings. The van der Waals surface area contributed by atoms with Gasteiger partial charge in [-0.25, -0.2) is 0 Å². The van der Waals surface area contributed by atoms with Crippen LogP contribution in [0.2, 0.25) is 0 Å². The van der Waals surface area contributed by atoms with Gasteiger partial charge in [0, 0.05) is 18.6 Å². The Bertz CT molecular complexity index is 1860. The molecule has 4 aromatic carbocycles. The molecule has 2 heterocycles. The Hall–Kier alpha value is -3.72. The lowest BCUT2D eigenvalue weighted by Gasteiger charge is -2.49. The topological polar surface area (TPSA) is 239 Å². The summed E-state index contributed by atoms with van der Waals surface area (Å²) in [5.41, 5.74) is 29.1. The quantitative estimate of drug-likeness (QED) is 0.0754. The van der Waals surface area contributed by atoms with Gasteiger partial charge in [0.15, 0.2) is 12.6 Å². The van der Waals surface area contributed by atoms with E-state index in [1.165, 1.54) is 0 Å². The molecule has 15 atom stereocenters. The summed E-state index contributed by atoms with van der Waals surface area (Å²) in [6.07, 6.45) is -12.8. The van der Waals surface area contributed by atoms with Crippen molar-refractivity contribution in [3.63, 3.8) is 0 Å². The summed E-state index contributed by atoms with van der Waals surface area (Å²) in [4.78, 5) is 0. The largest absolute Gasteiger partial charge is 0.388 e. The van der Waals surface area contributed by atoms with Gasteiger partial charge in [-0.05, 0) is 28.7 Å². The normalized spacial score (nSPS) is 34.2. The number of ether oxygens (including phenoxy) is 8. The van der Waals surface area contributed by atoms with Crippen molar-refractivity contribution in [2.24, 2.45) is 22.9 Å². The molecule has 3 fully saturated rings. The Balaban J connectivity index is 1.20. The van der Waals surface area contributed by atoms with E-state index in [0.29, 0.717) is 6.61 Å². The van der Waals surface area contributed by atoms with Gasteiger partial charge in [0.2, 0.25) is 0 Å². The molecule has 61 heavy (non-hydrogen) atoms. The third-order valence-corrected chi connectivity index (χ3v) is 11.5. The highest BCUT2D eigenvalue weighted by molar-refractivity contribution is 5.17. The van der Waals surface area contributed by atoms with Crippen LogP contribution in [0.15, 0.2) is 121 Å². The van der Waals surface area contributed by atoms with Crippen molar-refractivity contribution in [1.29, 1.82) is 0 Å². The number of hydrogen-bond donors (Lipinski definition) is 7. The van der Waals surface area contributed by atoms with Gasteiger partial charge in [-0.2, -0.15) is 0 Å². The van der Waals surface area contributed by atoms with Gasteiger partial charge in [-0.15, -0.1) is 0 Å². The molecule has 330 valence electrons. The smallest absolute Gasteiger partial charge is 0.187 e. The summed E-state index contributed by atoms with van der Waals surface area (Å²) in [7, 11) is 0. The Labute approximate surface area is 356 Å². The molecule has 7 rings (SSSR count). The average Bonchev–Trinajstić information content (AvgIpc) is 3.29. The molecule has 0 bridgehead atoms. The lowest BCUT2D eigenvalue weighted by atomic mass is 9.84. The Morgan fingerprint density at radius 2 is 0.902 bits per heavy atom. The fraction of sp³-hybridized carbons (Fsp3) is 0.478. The van der Waals surface area contributed by atoms with Crippen molar-refractivity contribution in [3.05, 3.63) is 144 Å². The van der Waals surface area contributed by atoms with E-state index in [0.717, 1.165) is 22.3 Å². The zero-order chi connectivity index (χ0) is 42.7. The highest BCUT2D eigenvalue weighted by atomic mass is 16.7. The van der Waals surface area contributed by atoms with Gasteiger partial charge in [0.1, 0.15) is 61.0 Å². The summed E-state index contributed by atoms with van der Waals surface area (Å²) in [6, 6.07) is 36.4. The molecule has 0 amide bonds. The van der Waals surface area contributed by atoms with E-state index in [2.05, 4.69) is 0 Å². The molecule has 11 N–H and O–H groups in total. The standard InChI is InChI=1S/C46H60N4O11/c47-22-34-37(51)38(52)36(50)45(58-34)60-40-32(48)21-33(49)41(39(40)53)61-46-44(57-26-31-19-11-4-12-20-31)43(56-25-30-17-9-3-10-18-30)42(55-24-29-15-7-2-8-16-29)35(59-46)27-54-23-28-13-5-1-6-14-28/h1-20,32-46,51-53H,21-27,47-50H2/t32-,33+,34+,35+,36+,37+,38+,39-,40+,41-,42+,43-,44-,45+,46+/m0/s1. The van der Waals surface area contributed by atoms with E-state index >= 15 is 0 Å². The average molecular weight is 845 g/mol. The first-order valence-corrected chi connectivity index (χ1v) is 20.9. The van der Waals surface area contributed by atoms with Crippen LogP contribution in [-0.4, -0.2) is 120 Å². The molecule has 2 saturated heterocycles. The molecule has 0 unspecified atom stereocenters. The number of aliphatic hydroxyl groups is 3. The van der Waals surface area contributed by atoms with Crippen LogP contribution in [0.25, 0.3) is 0 Å². The lowest BCUT2D eigenvalue weighted by molar-refractivity contribution is -0.349. The van der Waals surface area contributed by atoms with Crippen LogP contribution in [0.4, 0.5) is 0 Å². The van der Waals surface area contributed by atoms with Gasteiger partial charge in [0.25, 0.3) is 0 Å². The summed E-state index contributed by atoms with van der Waals surface area (Å²) in [5.74, 6) is 0. The van der Waals surface area contributed by atoms with Crippen molar-refractivity contribution in [1.82, 2.24) is 0 Å². The third kappa shape index (κ3) is 11.7. The maximum Gasteiger partial charge on any atom is 0.187 e. The number of nitrogens with two attached hydrogens (primary N) is 4. The molecule has 0 radical (unpaired) electrons. The SMILES string of the molecule is NC[C@H]1O[C@H](O[C@H]2[C@H](O)[C@@H](O[C@H]3O[C@H](COCc4ccccc4)[C@@H](OCc4ccccc4)[C@H](OCc4ccccc4)[C@@H]3OCc3ccccc3)[C@H](N)C[C@@H]2N)[C@H](N)[C@@H](O)[C@@H]1O. The van der Waals surface area contributed by atoms with Crippen molar-refractivity contribution < 1.29 is 53.2 Å². The number of benzene rings is 4. The molecule has 15 heteroatoms. The Morgan fingerprint density at radius 3 is 1.39 bits per heavy atom. The van der Waals surface area contributed by atoms with E-state index in [1.54, 1.807) is 0 Å². The fourth-order valence-corrected chi connectivity index (χ4v) is 8.08. The predicted molar refractivity (Wildman–Crippen MR) is 224 cm³/mol. The molecule has 1 aliphatic carbocycles. The second-order valence-corrected chi connectivity index (χ2v) is 15.9. The molecule has 0 aromatic heterocycles. The molecular weight excluding hydrogens is 785 g/mol. The second kappa shape index (κ2) is 22.1. The van der Waals surface area contributed by atoms with Gasteiger partial charge in [-0.3, -0.25) is 0 Å². The van der Waals surface area contributed by atoms with Crippen molar-refractivity contribution in [2.45, 2.75) is 125 Å². The lowest BCUT2D eigenvalue weighted by Crippen LogP contribution is -2.69. The number of aliphatic hydroxyl groups excluding tert-OH is 3. The monoisotopic (exact) mass is 844 g/mol. The van der Waals surface area contributed by atoms with Crippen LogP contribution >= 0.6 is 0 Å². The van der Waals surface area contributed by atoms with Crippen LogP contribution in [0, 0.1) is 0 Å². The highest BCUT2D eigenvalue weighted by Crippen LogP contribution is 2.35. The summed E-state index contributed by atoms with van der Waals surface area (Å²) >= 11 is 0. The van der Waals surface area contributed by atoms with Crippen LogP contribution in [0.3, 0.4) is 0 Å². The number of rotatable bonds is 18. The van der Waals surface area contributed by atoms with E-state index in [9.17, 15) is 15.3 Å². The first-order chi connectivity index (χ1) is 29.7. The maximum atomic E-state index is 12.0. The van der Waals surface area contributed by atoms with Gasteiger partial charge >= 0.3 is 0 Å². The summed E-state index contributed by atoms with van der Waals surface area (Å²) in [6.45, 7) is 0.931. The molecule has 0 spiro atoms. The fourth-order valence-electron chi connectivity index (χ4n) is 8.08. The minimum Gasteiger partial charge on any atom is -0.388 e. The summed E-state index contributed by atoms with van der Waals surface area (Å²) < 4.78 is 52.4. The van der Waals surface area contributed by atoms with Gasteiger partial charge in [-0.1, -0.05) is 121 Å². The predicted octanol–water partition coefficient (Wildman–Crippen LogP) is 1.61. The minimum absolute atomic E-state index is 0.0914. The Morgan fingerprint density at radius 1 is 0.475 bits per heavy atom. The second-order valence-electron chi connectivity index (χ2n) is 15.9. The van der Waals surface area contributed by atoms with Gasteiger partial charge in [0.05, 0.1) is 39.1 Å². The molecular formula is C46H60N4O11. The molecule has 2 aliphatic heterocycles. The van der Waals surface area contributed by atoms with Crippen LogP contribution in [0.1, 0.15) is 28.7 Å². The molecule has 1 saturated carbocycles. The summed E-state index contributed by atoms with van der Waals surface area (Å²) in [5, 5.41) is 33.2. The first-order valence-electron chi connectivity index (χ1n) is 20.9. The highest BCUT2D eigenvalue weighted by Gasteiger charge is 2.53. The maximum absolute atomic E-state index is 12.0. The molecule has 15 nitrogen and oxygen atoms in total. The van der Waals surface area contributed by atoms with Crippen LogP contribution < -0.4 is 22.9 Å². The van der Waals surface area contributed by atoms with Crippen molar-refractivity contribution >= 4 is 0 Å². The first kappa shape index (κ1) is 45.3. The van der Waals surface area contributed by atoms with Crippen LogP contribution in [0.5, 0.6) is 0 Å². The Kier molecular flexibility index (Phi) is 16.4. The minimum atomic E-state index is -1.43. The zero-order valence-electron chi connectivity index (χ0n) is 34.1. The van der Waals surface area contributed by atoms with E-state index in [4.69, 9.17) is 60.8 Å². The van der Waals surface area contributed by atoms with E-state index in [1.807, 2.05) is 121 Å². The van der Waals surface area contributed by atoms with Crippen molar-refractivity contribution in [3.8, 4) is 0 Å². The molecule has 3 aliphatic rings. The third-order valence-electron chi connectivity index (χ3n) is 11.5. The van der Waals surface area contributed by atoms with E-state index in [-0.39, 0.29) is 39.4 Å². The zero-order valence-corrected chi connectivity index (χ0v) is 34.1. The van der Waals surface area contributed by atoms with Crippen LogP contribution in [-0.2, 0) is 64.3 Å².